The molecular weight excluding hydrogens is 210 g/mol. The number of nitrogens with zero attached hydrogens (tertiary/aromatic N) is 2. The van der Waals surface area contributed by atoms with Gasteiger partial charge in [0.1, 0.15) is 0 Å². The third kappa shape index (κ3) is 3.09. The third-order valence-corrected chi connectivity index (χ3v) is 3.98. The lowest BCUT2D eigenvalue weighted by Gasteiger charge is -2.25. The molecule has 0 bridgehead atoms. The molecule has 1 fully saturated rings. The van der Waals surface area contributed by atoms with Crippen LogP contribution in [-0.2, 0) is 6.54 Å². The Morgan fingerprint density at radius 1 is 1.35 bits per heavy atom. The first-order valence-electron chi connectivity index (χ1n) is 7.04. The predicted molar refractivity (Wildman–Crippen MR) is 70.9 cm³/mol. The molecule has 96 valence electrons. The molecule has 1 aliphatic rings. The van der Waals surface area contributed by atoms with E-state index in [4.69, 9.17) is 0 Å². The van der Waals surface area contributed by atoms with Crippen molar-refractivity contribution in [3.63, 3.8) is 0 Å². The van der Waals surface area contributed by atoms with Crippen LogP contribution in [0, 0.1) is 5.92 Å². The minimum Gasteiger partial charge on any atom is -0.330 e. The Labute approximate surface area is 105 Å². The second-order valence-electron chi connectivity index (χ2n) is 5.26. The Morgan fingerprint density at radius 2 is 2.18 bits per heavy atom. The van der Waals surface area contributed by atoms with Gasteiger partial charge in [-0.2, -0.15) is 0 Å². The summed E-state index contributed by atoms with van der Waals surface area (Å²) in [6.07, 6.45) is 10.9. The quantitative estimate of drug-likeness (QED) is 0.813. The molecule has 3 heteroatoms. The van der Waals surface area contributed by atoms with Crippen molar-refractivity contribution in [1.29, 1.82) is 0 Å². The summed E-state index contributed by atoms with van der Waals surface area (Å²) in [5.74, 6) is 0.784. The molecule has 0 spiro atoms. The monoisotopic (exact) mass is 235 g/mol. The zero-order valence-corrected chi connectivity index (χ0v) is 11.2. The van der Waals surface area contributed by atoms with Crippen LogP contribution in [0.4, 0.5) is 0 Å². The van der Waals surface area contributed by atoms with Crippen molar-refractivity contribution in [1.82, 2.24) is 14.9 Å². The van der Waals surface area contributed by atoms with Crippen molar-refractivity contribution in [2.45, 2.75) is 58.5 Å². The van der Waals surface area contributed by atoms with Gasteiger partial charge < -0.3 is 9.88 Å². The number of hydrogen-bond acceptors (Lipinski definition) is 2. The van der Waals surface area contributed by atoms with E-state index in [9.17, 15) is 0 Å². The van der Waals surface area contributed by atoms with Crippen molar-refractivity contribution in [3.05, 3.63) is 18.2 Å². The lowest BCUT2D eigenvalue weighted by atomic mass is 9.96. The normalized spacial score (nSPS) is 25.8. The molecule has 1 aliphatic carbocycles. The number of rotatable bonds is 4. The molecular formula is C14H25N3. The highest BCUT2D eigenvalue weighted by atomic mass is 15.1. The molecule has 2 unspecified atom stereocenters. The summed E-state index contributed by atoms with van der Waals surface area (Å²) >= 11 is 0. The predicted octanol–water partition coefficient (Wildman–Crippen LogP) is 3.13. The van der Waals surface area contributed by atoms with Gasteiger partial charge in [0.15, 0.2) is 0 Å². The smallest absolute Gasteiger partial charge is 0.0951 e. The van der Waals surface area contributed by atoms with Crippen LogP contribution in [-0.4, -0.2) is 16.1 Å². The number of nitrogens with one attached hydrogen (secondary N) is 1. The standard InChI is InChI=1S/C14H25N3/c1-3-15-9-13-10-16-11-17(13)14-8-6-4-5-7-12(14)2/h10-12,14-15H,3-9H2,1-2H3. The zero-order valence-electron chi connectivity index (χ0n) is 11.2. The summed E-state index contributed by atoms with van der Waals surface area (Å²) in [5, 5.41) is 3.40. The largest absolute Gasteiger partial charge is 0.330 e. The van der Waals surface area contributed by atoms with Crippen LogP contribution in [0.1, 0.15) is 57.7 Å². The van der Waals surface area contributed by atoms with Crippen LogP contribution in [0.3, 0.4) is 0 Å². The van der Waals surface area contributed by atoms with Crippen LogP contribution in [0.5, 0.6) is 0 Å². The van der Waals surface area contributed by atoms with Crippen LogP contribution < -0.4 is 5.32 Å². The molecule has 17 heavy (non-hydrogen) atoms. The molecule has 1 heterocycles. The van der Waals surface area contributed by atoms with Crippen molar-refractivity contribution in [2.24, 2.45) is 5.92 Å². The van der Waals surface area contributed by atoms with Gasteiger partial charge in [-0.3, -0.25) is 0 Å². The Morgan fingerprint density at radius 3 is 3.00 bits per heavy atom. The maximum atomic E-state index is 4.34. The second-order valence-corrected chi connectivity index (χ2v) is 5.26. The average Bonchev–Trinajstić information content (AvgIpc) is 2.69. The van der Waals surface area contributed by atoms with E-state index in [0.29, 0.717) is 6.04 Å². The molecule has 0 amide bonds. The second kappa shape index (κ2) is 6.20. The van der Waals surface area contributed by atoms with Gasteiger partial charge >= 0.3 is 0 Å². The first-order chi connectivity index (χ1) is 8.33. The number of imidazole rings is 1. The zero-order chi connectivity index (χ0) is 12.1. The average molecular weight is 235 g/mol. The van der Waals surface area contributed by atoms with Gasteiger partial charge in [0.2, 0.25) is 0 Å². The van der Waals surface area contributed by atoms with Crippen molar-refractivity contribution >= 4 is 0 Å². The molecule has 0 aliphatic heterocycles. The minimum absolute atomic E-state index is 0.661. The molecule has 3 nitrogen and oxygen atoms in total. The van der Waals surface area contributed by atoms with Crippen LogP contribution >= 0.6 is 0 Å². The van der Waals surface area contributed by atoms with Crippen molar-refractivity contribution in [2.75, 3.05) is 6.54 Å². The fourth-order valence-electron chi connectivity index (χ4n) is 2.91. The summed E-state index contributed by atoms with van der Waals surface area (Å²) < 4.78 is 2.42. The van der Waals surface area contributed by atoms with E-state index in [1.54, 1.807) is 0 Å². The van der Waals surface area contributed by atoms with E-state index < -0.39 is 0 Å². The maximum absolute atomic E-state index is 4.34. The third-order valence-electron chi connectivity index (χ3n) is 3.98. The van der Waals surface area contributed by atoms with E-state index in [0.717, 1.165) is 19.0 Å². The van der Waals surface area contributed by atoms with Gasteiger partial charge in [-0.25, -0.2) is 4.98 Å². The molecule has 0 saturated heterocycles. The lowest BCUT2D eigenvalue weighted by Crippen LogP contribution is -2.21. The van der Waals surface area contributed by atoms with Gasteiger partial charge in [0.05, 0.1) is 12.0 Å². The molecule has 1 aromatic heterocycles. The van der Waals surface area contributed by atoms with Gasteiger partial charge in [-0.1, -0.05) is 33.1 Å². The highest BCUT2D eigenvalue weighted by Crippen LogP contribution is 2.32. The summed E-state index contributed by atoms with van der Waals surface area (Å²) in [6, 6.07) is 0.661. The lowest BCUT2D eigenvalue weighted by molar-refractivity contribution is 0.325. The van der Waals surface area contributed by atoms with Crippen LogP contribution in [0.25, 0.3) is 0 Å². The van der Waals surface area contributed by atoms with E-state index in [1.165, 1.54) is 37.8 Å². The first-order valence-corrected chi connectivity index (χ1v) is 7.04. The molecule has 1 saturated carbocycles. The molecule has 0 radical (unpaired) electrons. The maximum Gasteiger partial charge on any atom is 0.0951 e. The summed E-state index contributed by atoms with van der Waals surface area (Å²) in [5.41, 5.74) is 1.34. The summed E-state index contributed by atoms with van der Waals surface area (Å²) in [7, 11) is 0. The van der Waals surface area contributed by atoms with E-state index >= 15 is 0 Å². The van der Waals surface area contributed by atoms with Gasteiger partial charge in [0.25, 0.3) is 0 Å². The molecule has 2 atom stereocenters. The first kappa shape index (κ1) is 12.6. The minimum atomic E-state index is 0.661. The number of aromatic nitrogens is 2. The van der Waals surface area contributed by atoms with Gasteiger partial charge in [0, 0.05) is 18.8 Å². The van der Waals surface area contributed by atoms with E-state index in [2.05, 4.69) is 28.7 Å². The fraction of sp³-hybridized carbons (Fsp3) is 0.786. The Hall–Kier alpha value is -0.830. The highest BCUT2D eigenvalue weighted by Gasteiger charge is 2.22. The SMILES string of the molecule is CCNCc1cncn1C1CCCCCC1C. The van der Waals surface area contributed by atoms with Gasteiger partial charge in [-0.05, 0) is 25.3 Å². The Kier molecular flexibility index (Phi) is 4.60. The molecule has 1 aromatic rings. The fourth-order valence-corrected chi connectivity index (χ4v) is 2.91. The summed E-state index contributed by atoms with van der Waals surface area (Å²) in [6.45, 7) is 6.51. The summed E-state index contributed by atoms with van der Waals surface area (Å²) in [4.78, 5) is 4.34. The number of hydrogen-bond donors (Lipinski definition) is 1. The highest BCUT2D eigenvalue weighted by molar-refractivity contribution is 5.01. The molecule has 0 aromatic carbocycles. The van der Waals surface area contributed by atoms with Crippen LogP contribution in [0.2, 0.25) is 0 Å². The molecule has 2 rings (SSSR count). The van der Waals surface area contributed by atoms with Crippen LogP contribution in [0.15, 0.2) is 12.5 Å². The Bertz CT molecular complexity index is 332. The van der Waals surface area contributed by atoms with Gasteiger partial charge in [-0.15, -0.1) is 0 Å². The Balaban J connectivity index is 2.11. The van der Waals surface area contributed by atoms with Crippen molar-refractivity contribution < 1.29 is 0 Å². The van der Waals surface area contributed by atoms with E-state index in [1.807, 2.05) is 12.5 Å². The topological polar surface area (TPSA) is 29.9 Å². The van der Waals surface area contributed by atoms with E-state index in [-0.39, 0.29) is 0 Å². The van der Waals surface area contributed by atoms with Crippen molar-refractivity contribution in [3.8, 4) is 0 Å². The molecule has 1 N–H and O–H groups in total.